The molecule has 8 rings (SSSR count). The van der Waals surface area contributed by atoms with Gasteiger partial charge in [0.05, 0.1) is 12.4 Å². The third-order valence-electron chi connectivity index (χ3n) is 11.0. The average molecular weight is 866 g/mol. The van der Waals surface area contributed by atoms with E-state index >= 15 is 0 Å². The van der Waals surface area contributed by atoms with Gasteiger partial charge in [0.15, 0.2) is 5.58 Å². The van der Waals surface area contributed by atoms with Crippen molar-refractivity contribution in [2.24, 2.45) is 5.92 Å². The van der Waals surface area contributed by atoms with Crippen LogP contribution < -0.4 is 20.1 Å². The average Bonchev–Trinajstić information content (AvgIpc) is 4.10. The molecule has 324 valence electrons. The Labute approximate surface area is 356 Å². The Morgan fingerprint density at radius 2 is 1.72 bits per heavy atom. The van der Waals surface area contributed by atoms with E-state index in [1.54, 1.807) is 27.9 Å². The second-order valence-corrected chi connectivity index (χ2v) is 18.9. The maximum Gasteiger partial charge on any atom is 0.408 e. The number of benzene rings is 2. The van der Waals surface area contributed by atoms with Gasteiger partial charge in [-0.15, -0.1) is 0 Å². The predicted octanol–water partition coefficient (Wildman–Crippen LogP) is 7.70. The number of pyridine rings is 1. The number of allylic oxidation sites excluding steroid dienone is 1. The molecule has 4 atom stereocenters. The summed E-state index contributed by atoms with van der Waals surface area (Å²) in [5.74, 6) is -1.30. The summed E-state index contributed by atoms with van der Waals surface area (Å²) < 4.78 is 43.8. The van der Waals surface area contributed by atoms with Crippen molar-refractivity contribution in [1.29, 1.82) is 0 Å². The van der Waals surface area contributed by atoms with E-state index in [0.29, 0.717) is 62.4 Å². The lowest BCUT2D eigenvalue weighted by molar-refractivity contribution is -0.141. The minimum absolute atomic E-state index is 0.296. The highest BCUT2D eigenvalue weighted by Crippen LogP contribution is 2.46. The number of rotatable bonds is 5. The van der Waals surface area contributed by atoms with Crippen molar-refractivity contribution in [3.8, 4) is 5.88 Å². The highest BCUT2D eigenvalue weighted by Gasteiger charge is 2.62. The molecule has 4 amide bonds. The third-order valence-corrected chi connectivity index (χ3v) is 13.0. The van der Waals surface area contributed by atoms with Gasteiger partial charge in [-0.1, -0.05) is 68.6 Å². The summed E-state index contributed by atoms with van der Waals surface area (Å²) in [6, 6.07) is 11.8. The number of sulfonamides is 1. The maximum atomic E-state index is 13.6. The molecule has 16 heteroatoms. The summed E-state index contributed by atoms with van der Waals surface area (Å²) in [7, 11) is -2.16. The van der Waals surface area contributed by atoms with E-state index in [2.05, 4.69) is 20.3 Å². The normalized spacial score (nSPS) is 23.9. The number of furan rings is 1. The molecule has 3 N–H and O–H groups in total. The smallest absolute Gasteiger partial charge is 0.408 e. The lowest BCUT2D eigenvalue weighted by Crippen LogP contribution is -2.58. The van der Waals surface area contributed by atoms with Crippen LogP contribution in [0.4, 0.5) is 4.79 Å². The zero-order valence-corrected chi connectivity index (χ0v) is 36.7. The number of alkyl carbamates (subject to hydrolysis) is 1. The molecular weight excluding hydrogens is 810 g/mol. The van der Waals surface area contributed by atoms with E-state index in [0.717, 1.165) is 52.1 Å². The van der Waals surface area contributed by atoms with Crippen molar-refractivity contribution in [2.45, 2.75) is 127 Å². The first-order valence-electron chi connectivity index (χ1n) is 20.9. The molecular formula is C44H56ClN5O9S. The maximum absolute atomic E-state index is 13.6. The van der Waals surface area contributed by atoms with Gasteiger partial charge < -0.3 is 29.4 Å². The molecule has 2 aliphatic carbocycles. The number of fused-ring (bicyclic) bond motifs is 7. The predicted molar refractivity (Wildman–Crippen MR) is 231 cm³/mol. The first-order valence-corrected chi connectivity index (χ1v) is 22.8. The van der Waals surface area contributed by atoms with Gasteiger partial charge in [0.2, 0.25) is 27.7 Å². The quantitative estimate of drug-likeness (QED) is 0.168. The molecule has 4 aromatic rings. The first kappa shape index (κ1) is 44.7. The zero-order chi connectivity index (χ0) is 43.4. The Kier molecular flexibility index (Phi) is 13.7. The van der Waals surface area contributed by atoms with E-state index in [1.165, 1.54) is 4.90 Å². The first-order chi connectivity index (χ1) is 28.6. The summed E-state index contributed by atoms with van der Waals surface area (Å²) in [6.45, 7) is 9.58. The number of nitrogens with one attached hydrogen (secondary N) is 3. The molecule has 3 fully saturated rings. The van der Waals surface area contributed by atoms with Crippen LogP contribution >= 0.6 is 11.6 Å². The molecule has 0 spiro atoms. The fourth-order valence-corrected chi connectivity index (χ4v) is 9.30. The molecule has 1 saturated heterocycles. The molecule has 0 unspecified atom stereocenters. The number of methoxy groups -OCH3 is 1. The van der Waals surface area contributed by atoms with E-state index in [9.17, 15) is 27.6 Å². The Morgan fingerprint density at radius 3 is 2.42 bits per heavy atom. The van der Waals surface area contributed by atoms with Gasteiger partial charge in [-0.2, -0.15) is 0 Å². The molecule has 2 aliphatic heterocycles. The molecule has 2 aromatic heterocycles. The van der Waals surface area contributed by atoms with Crippen LogP contribution in [0.3, 0.4) is 0 Å². The third kappa shape index (κ3) is 10.00. The number of ether oxygens (including phenoxy) is 2. The monoisotopic (exact) mass is 865 g/mol. The molecule has 4 heterocycles. The topological polar surface area (TPSA) is 186 Å². The van der Waals surface area contributed by atoms with E-state index < -0.39 is 56.4 Å². The van der Waals surface area contributed by atoms with Crippen LogP contribution in [0.25, 0.3) is 32.8 Å². The van der Waals surface area contributed by atoms with Gasteiger partial charge in [-0.05, 0) is 96.4 Å². The fourth-order valence-electron chi connectivity index (χ4n) is 7.76. The highest BCUT2D eigenvalue weighted by atomic mass is 35.5. The van der Waals surface area contributed by atoms with Crippen molar-refractivity contribution < 1.29 is 41.5 Å². The number of hydrogen-bond donors (Lipinski definition) is 3. The van der Waals surface area contributed by atoms with E-state index in [-0.39, 0.29) is 11.8 Å². The number of aromatic nitrogens is 1. The van der Waals surface area contributed by atoms with Crippen LogP contribution in [0.2, 0.25) is 5.02 Å². The summed E-state index contributed by atoms with van der Waals surface area (Å²) in [6.07, 6.45) is 9.05. The van der Waals surface area contributed by atoms with Gasteiger partial charge in [-0.3, -0.25) is 19.1 Å². The fraction of sp³-hybridized carbons (Fsp3) is 0.523. The van der Waals surface area contributed by atoms with Crippen molar-refractivity contribution >= 4 is 78.3 Å². The van der Waals surface area contributed by atoms with Crippen LogP contribution in [0.15, 0.2) is 59.0 Å². The second kappa shape index (κ2) is 18.4. The van der Waals surface area contributed by atoms with Crippen LogP contribution in [-0.2, 0) is 29.1 Å². The minimum Gasteiger partial charge on any atom is -0.481 e. The number of carbonyl (C=O) groups is 4. The van der Waals surface area contributed by atoms with Gasteiger partial charge in [0.25, 0.3) is 5.91 Å². The van der Waals surface area contributed by atoms with Crippen LogP contribution in [-0.4, -0.2) is 84.2 Å². The number of hydrogen-bond acceptors (Lipinski definition) is 10. The summed E-state index contributed by atoms with van der Waals surface area (Å²) in [5.41, 5.74) is 0.228. The standard InChI is InChI=1S/C26H40N4O7S.C16H10ClNO2.C2H6/c1-25(2,3)37-24(34)27-19-11-8-6-4-5-7-10-17-16-26(17,23(33)29-38(35,36)18-13-14-18)28-21(31)20-12-9-15-30(20)22(19)32;1-19-16-11-5-3-2-4-10(11)15-14(18-16)12-8-9(17)6-7-13(12)20-15;1-2/h7,10,17-20H,4-6,8-9,11-16H2,1-3H3,(H,27,34)(H,28,31)(H,29,33);2-8H,1H3;1-2H3/b10-7-;;/t17-,19+,20+,26-;;/m1../s1. The van der Waals surface area contributed by atoms with Gasteiger partial charge in [0, 0.05) is 33.6 Å². The van der Waals surface area contributed by atoms with Gasteiger partial charge >= 0.3 is 6.09 Å². The molecule has 4 aliphatic rings. The number of carbonyl (C=O) groups excluding carboxylic acids is 4. The van der Waals surface area contributed by atoms with E-state index in [1.807, 2.05) is 68.5 Å². The van der Waals surface area contributed by atoms with Gasteiger partial charge in [-0.25, -0.2) is 18.2 Å². The second-order valence-electron chi connectivity index (χ2n) is 16.5. The Bertz CT molecular complexity index is 2390. The van der Waals surface area contributed by atoms with Crippen LogP contribution in [0.1, 0.15) is 98.8 Å². The van der Waals surface area contributed by atoms with Crippen molar-refractivity contribution in [2.75, 3.05) is 13.7 Å². The Morgan fingerprint density at radius 1 is 0.983 bits per heavy atom. The van der Waals surface area contributed by atoms with Crippen molar-refractivity contribution in [3.63, 3.8) is 0 Å². The molecule has 2 aromatic carbocycles. The summed E-state index contributed by atoms with van der Waals surface area (Å²) in [4.78, 5) is 58.8. The van der Waals surface area contributed by atoms with Gasteiger partial charge in [0.1, 0.15) is 34.3 Å². The molecule has 60 heavy (non-hydrogen) atoms. The number of halogens is 1. The zero-order valence-electron chi connectivity index (χ0n) is 35.1. The Balaban J connectivity index is 0.000000228. The van der Waals surface area contributed by atoms with E-state index in [4.69, 9.17) is 25.5 Å². The number of nitrogens with zero attached hydrogens (tertiary/aromatic N) is 2. The lowest BCUT2D eigenvalue weighted by Gasteiger charge is -2.30. The number of amides is 4. The largest absolute Gasteiger partial charge is 0.481 e. The summed E-state index contributed by atoms with van der Waals surface area (Å²) in [5, 5.41) is 8.45. The van der Waals surface area contributed by atoms with Crippen LogP contribution in [0, 0.1) is 5.92 Å². The Hall–Kier alpha value is -4.89. The SMILES string of the molecule is CC.CC(C)(C)OC(=O)N[C@H]1CCCCC/C=C\[C@@H]2C[C@@]2(C(=O)NS(=O)(=O)C2CC2)NC(=O)[C@@H]2CCCN2C1=O.COc1nc2c3cc(Cl)ccc3oc2c2ccccc12. The molecule has 0 bridgehead atoms. The van der Waals surface area contributed by atoms with Crippen LogP contribution in [0.5, 0.6) is 5.88 Å². The minimum atomic E-state index is -3.78. The molecule has 0 radical (unpaired) electrons. The summed E-state index contributed by atoms with van der Waals surface area (Å²) >= 11 is 6.07. The van der Waals surface area contributed by atoms with Crippen molar-refractivity contribution in [3.05, 3.63) is 59.6 Å². The lowest BCUT2D eigenvalue weighted by atomic mass is 10.0. The van der Waals surface area contributed by atoms with Crippen molar-refractivity contribution in [1.82, 2.24) is 25.2 Å². The highest BCUT2D eigenvalue weighted by molar-refractivity contribution is 7.91. The molecule has 2 saturated carbocycles. The molecule has 14 nitrogen and oxygen atoms in total.